The molecule has 1 aliphatic rings. The van der Waals surface area contributed by atoms with Gasteiger partial charge in [0.1, 0.15) is 11.2 Å². The van der Waals surface area contributed by atoms with Crippen LogP contribution < -0.4 is 4.74 Å². The molecule has 5 nitrogen and oxygen atoms in total. The van der Waals surface area contributed by atoms with Gasteiger partial charge >= 0.3 is 5.97 Å². The number of nitrogens with zero attached hydrogens (tertiary/aromatic N) is 2. The first-order valence-corrected chi connectivity index (χ1v) is 7.45. The second-order valence-corrected chi connectivity index (χ2v) is 6.16. The maximum Gasteiger partial charge on any atom is 0.343 e. The molecule has 0 amide bonds. The summed E-state index contributed by atoms with van der Waals surface area (Å²) >= 11 is 1.71. The summed E-state index contributed by atoms with van der Waals surface area (Å²) in [6.45, 7) is 2.15. The Labute approximate surface area is 120 Å². The van der Waals surface area contributed by atoms with Crippen LogP contribution in [-0.2, 0) is 22.4 Å². The van der Waals surface area contributed by atoms with Crippen LogP contribution in [0, 0.1) is 5.92 Å². The van der Waals surface area contributed by atoms with Gasteiger partial charge < -0.3 is 9.47 Å². The second kappa shape index (κ2) is 5.36. The summed E-state index contributed by atoms with van der Waals surface area (Å²) in [5.41, 5.74) is 1.29. The highest BCUT2D eigenvalue weighted by atomic mass is 32.1. The summed E-state index contributed by atoms with van der Waals surface area (Å²) in [5, 5.41) is 0.975. The summed E-state index contributed by atoms with van der Waals surface area (Å²) in [4.78, 5) is 22.0. The summed E-state index contributed by atoms with van der Waals surface area (Å²) < 4.78 is 10.1. The van der Waals surface area contributed by atoms with Crippen LogP contribution in [-0.4, -0.2) is 29.7 Å². The minimum atomic E-state index is -0.408. The average molecular weight is 292 g/mol. The number of rotatable bonds is 3. The van der Waals surface area contributed by atoms with E-state index in [0.717, 1.165) is 23.1 Å². The zero-order valence-corrected chi connectivity index (χ0v) is 12.3. The minimum Gasteiger partial charge on any atom is -0.466 e. The predicted molar refractivity (Wildman–Crippen MR) is 76.1 cm³/mol. The fourth-order valence-corrected chi connectivity index (χ4v) is 3.88. The summed E-state index contributed by atoms with van der Waals surface area (Å²) in [6, 6.07) is 0. The van der Waals surface area contributed by atoms with Crippen LogP contribution in [0.25, 0.3) is 10.2 Å². The molecule has 0 bridgehead atoms. The highest BCUT2D eigenvalue weighted by molar-refractivity contribution is 7.18. The van der Waals surface area contributed by atoms with E-state index in [4.69, 9.17) is 4.74 Å². The van der Waals surface area contributed by atoms with Crippen LogP contribution >= 0.6 is 11.3 Å². The van der Waals surface area contributed by atoms with Gasteiger partial charge in [0.25, 0.3) is 0 Å². The minimum absolute atomic E-state index is 0.121. The lowest BCUT2D eigenvalue weighted by atomic mass is 9.89. The fraction of sp³-hybridized carbons (Fsp3) is 0.500. The molecule has 0 saturated heterocycles. The van der Waals surface area contributed by atoms with E-state index in [-0.39, 0.29) is 6.61 Å². The van der Waals surface area contributed by atoms with Crippen molar-refractivity contribution in [2.75, 3.05) is 13.7 Å². The maximum absolute atomic E-state index is 11.2. The SMILES string of the molecule is COC(=O)COc1ncnc2sc3c(c12)CC[C@@H](C)C3. The Morgan fingerprint density at radius 3 is 3.15 bits per heavy atom. The molecule has 0 unspecified atom stereocenters. The smallest absolute Gasteiger partial charge is 0.343 e. The van der Waals surface area contributed by atoms with Crippen LogP contribution in [0.15, 0.2) is 6.33 Å². The Morgan fingerprint density at radius 1 is 1.50 bits per heavy atom. The lowest BCUT2D eigenvalue weighted by Crippen LogP contribution is -2.14. The first-order valence-electron chi connectivity index (χ1n) is 6.64. The zero-order chi connectivity index (χ0) is 14.1. The third-order valence-corrected chi connectivity index (χ3v) is 4.77. The van der Waals surface area contributed by atoms with Crippen LogP contribution in [0.5, 0.6) is 5.88 Å². The number of carbonyl (C=O) groups is 1. The van der Waals surface area contributed by atoms with Crippen molar-refractivity contribution in [2.24, 2.45) is 5.92 Å². The van der Waals surface area contributed by atoms with Crippen LogP contribution in [0.3, 0.4) is 0 Å². The van der Waals surface area contributed by atoms with Gasteiger partial charge in [0, 0.05) is 4.88 Å². The largest absolute Gasteiger partial charge is 0.466 e. The molecule has 2 heterocycles. The molecule has 0 spiro atoms. The molecule has 0 radical (unpaired) electrons. The van der Waals surface area contributed by atoms with Crippen molar-refractivity contribution in [3.05, 3.63) is 16.8 Å². The maximum atomic E-state index is 11.2. The van der Waals surface area contributed by atoms with Gasteiger partial charge in [-0.05, 0) is 30.7 Å². The van der Waals surface area contributed by atoms with E-state index in [1.807, 2.05) is 0 Å². The van der Waals surface area contributed by atoms with Gasteiger partial charge in [0.2, 0.25) is 5.88 Å². The predicted octanol–water partition coefficient (Wildman–Crippen LogP) is 2.37. The van der Waals surface area contributed by atoms with Crippen LogP contribution in [0.4, 0.5) is 0 Å². The van der Waals surface area contributed by atoms with Gasteiger partial charge in [-0.1, -0.05) is 6.92 Å². The fourth-order valence-electron chi connectivity index (χ4n) is 2.54. The van der Waals surface area contributed by atoms with Gasteiger partial charge in [0.05, 0.1) is 12.5 Å². The number of fused-ring (bicyclic) bond motifs is 3. The molecule has 0 aromatic carbocycles. The van der Waals surface area contributed by atoms with Gasteiger partial charge in [-0.3, -0.25) is 0 Å². The molecule has 0 fully saturated rings. The number of hydrogen-bond acceptors (Lipinski definition) is 6. The van der Waals surface area contributed by atoms with E-state index in [1.54, 1.807) is 11.3 Å². The molecular weight excluding hydrogens is 276 g/mol. The molecule has 1 aliphatic carbocycles. The van der Waals surface area contributed by atoms with Crippen molar-refractivity contribution in [3.8, 4) is 5.88 Å². The normalized spacial score (nSPS) is 17.8. The van der Waals surface area contributed by atoms with Crippen molar-refractivity contribution in [1.29, 1.82) is 0 Å². The lowest BCUT2D eigenvalue weighted by Gasteiger charge is -2.18. The molecule has 0 saturated carbocycles. The van der Waals surface area contributed by atoms with E-state index in [9.17, 15) is 4.79 Å². The first kappa shape index (κ1) is 13.3. The summed E-state index contributed by atoms with van der Waals surface area (Å²) in [6.07, 6.45) is 4.77. The molecule has 0 aliphatic heterocycles. The van der Waals surface area contributed by atoms with Gasteiger partial charge in [-0.25, -0.2) is 14.8 Å². The lowest BCUT2D eigenvalue weighted by molar-refractivity contribution is -0.142. The molecule has 106 valence electrons. The van der Waals surface area contributed by atoms with E-state index in [0.29, 0.717) is 11.8 Å². The van der Waals surface area contributed by atoms with Crippen LogP contribution in [0.2, 0.25) is 0 Å². The van der Waals surface area contributed by atoms with Crippen molar-refractivity contribution in [3.63, 3.8) is 0 Å². The zero-order valence-electron chi connectivity index (χ0n) is 11.5. The number of aryl methyl sites for hydroxylation is 1. The molecule has 1 atom stereocenters. The highest BCUT2D eigenvalue weighted by Gasteiger charge is 2.23. The monoisotopic (exact) mass is 292 g/mol. The van der Waals surface area contributed by atoms with Crippen molar-refractivity contribution in [1.82, 2.24) is 9.97 Å². The third kappa shape index (κ3) is 2.35. The number of ether oxygens (including phenoxy) is 2. The number of hydrogen-bond donors (Lipinski definition) is 0. The molecule has 20 heavy (non-hydrogen) atoms. The standard InChI is InChI=1S/C14H16N2O3S/c1-8-3-4-9-10(5-8)20-14-12(9)13(15-7-16-14)19-6-11(17)18-2/h7-8H,3-6H2,1-2H3/t8-/m1/s1. The Balaban J connectivity index is 1.98. The Morgan fingerprint density at radius 2 is 2.35 bits per heavy atom. The van der Waals surface area contributed by atoms with E-state index < -0.39 is 5.97 Å². The van der Waals surface area contributed by atoms with E-state index >= 15 is 0 Å². The number of esters is 1. The molecular formula is C14H16N2O3S. The molecule has 2 aromatic heterocycles. The van der Waals surface area contributed by atoms with Crippen LogP contribution in [0.1, 0.15) is 23.8 Å². The summed E-state index contributed by atoms with van der Waals surface area (Å²) in [5.74, 6) is 0.796. The average Bonchev–Trinajstić information content (AvgIpc) is 2.82. The number of thiophene rings is 1. The molecule has 0 N–H and O–H groups in total. The number of methoxy groups -OCH3 is 1. The van der Waals surface area contributed by atoms with Gasteiger partial charge in [-0.2, -0.15) is 0 Å². The Bertz CT molecular complexity index is 653. The summed E-state index contributed by atoms with van der Waals surface area (Å²) in [7, 11) is 1.34. The molecule has 6 heteroatoms. The number of carbonyl (C=O) groups excluding carboxylic acids is 1. The van der Waals surface area contributed by atoms with E-state index in [1.165, 1.54) is 30.3 Å². The van der Waals surface area contributed by atoms with Gasteiger partial charge in [0.15, 0.2) is 6.61 Å². The highest BCUT2D eigenvalue weighted by Crippen LogP contribution is 2.40. The van der Waals surface area contributed by atoms with Crippen molar-refractivity contribution < 1.29 is 14.3 Å². The topological polar surface area (TPSA) is 61.3 Å². The molecule has 3 rings (SSSR count). The quantitative estimate of drug-likeness (QED) is 0.813. The third-order valence-electron chi connectivity index (χ3n) is 3.61. The first-order chi connectivity index (χ1) is 9.69. The van der Waals surface area contributed by atoms with Crippen molar-refractivity contribution >= 4 is 27.5 Å². The van der Waals surface area contributed by atoms with E-state index in [2.05, 4.69) is 21.6 Å². The molecule has 2 aromatic rings. The Hall–Kier alpha value is -1.69. The number of aromatic nitrogens is 2. The van der Waals surface area contributed by atoms with Crippen molar-refractivity contribution in [2.45, 2.75) is 26.2 Å². The second-order valence-electron chi connectivity index (χ2n) is 5.08. The van der Waals surface area contributed by atoms with Gasteiger partial charge in [-0.15, -0.1) is 11.3 Å². The Kier molecular flexibility index (Phi) is 3.56.